The Balaban J connectivity index is 1.49. The van der Waals surface area contributed by atoms with E-state index in [-0.39, 0.29) is 29.2 Å². The Kier molecular flexibility index (Phi) is 5.01. The molecule has 0 N–H and O–H groups in total. The van der Waals surface area contributed by atoms with Crippen molar-refractivity contribution in [1.29, 1.82) is 0 Å². The number of ether oxygens (including phenoxy) is 2. The van der Waals surface area contributed by atoms with E-state index in [0.717, 1.165) is 6.07 Å². The first kappa shape index (κ1) is 18.7. The second-order valence-electron chi connectivity index (χ2n) is 5.94. The molecule has 0 aliphatic carbocycles. The maximum atomic E-state index is 12.3. The van der Waals surface area contributed by atoms with Gasteiger partial charge in [0.25, 0.3) is 5.89 Å². The number of fused-ring (bicyclic) bond motifs is 1. The van der Waals surface area contributed by atoms with Gasteiger partial charge in [-0.05, 0) is 30.3 Å². The van der Waals surface area contributed by atoms with Crippen LogP contribution in [0.5, 0.6) is 5.75 Å². The zero-order chi connectivity index (χ0) is 20.4. The summed E-state index contributed by atoms with van der Waals surface area (Å²) in [5.41, 5.74) is 0.510. The van der Waals surface area contributed by atoms with Gasteiger partial charge in [0, 0.05) is 16.7 Å². The van der Waals surface area contributed by atoms with Gasteiger partial charge >= 0.3 is 5.97 Å². The SMILES string of the molecule is COc1cccc(-c2noc(COC(=O)c3cc(=O)c4cc(Cl)ccc4o3)n2)c1. The molecular formula is C20H13ClN2O6. The highest BCUT2D eigenvalue weighted by atomic mass is 35.5. The van der Waals surface area contributed by atoms with Crippen LogP contribution in [0.4, 0.5) is 0 Å². The number of hydrogen-bond acceptors (Lipinski definition) is 8. The zero-order valence-corrected chi connectivity index (χ0v) is 15.8. The van der Waals surface area contributed by atoms with Crippen LogP contribution in [0.1, 0.15) is 16.4 Å². The third-order valence-corrected chi connectivity index (χ3v) is 4.25. The summed E-state index contributed by atoms with van der Waals surface area (Å²) in [4.78, 5) is 28.6. The monoisotopic (exact) mass is 412 g/mol. The van der Waals surface area contributed by atoms with Gasteiger partial charge in [0.2, 0.25) is 11.6 Å². The van der Waals surface area contributed by atoms with Crippen molar-refractivity contribution in [2.45, 2.75) is 6.61 Å². The lowest BCUT2D eigenvalue weighted by Crippen LogP contribution is -2.10. The molecule has 8 nitrogen and oxygen atoms in total. The zero-order valence-electron chi connectivity index (χ0n) is 15.0. The summed E-state index contributed by atoms with van der Waals surface area (Å²) in [5.74, 6) is -0.0134. The Hall–Kier alpha value is -3.65. The highest BCUT2D eigenvalue weighted by Gasteiger charge is 2.17. The smallest absolute Gasteiger partial charge is 0.374 e. The first-order valence-electron chi connectivity index (χ1n) is 8.41. The number of methoxy groups -OCH3 is 1. The third-order valence-electron chi connectivity index (χ3n) is 4.01. The Morgan fingerprint density at radius 3 is 2.86 bits per heavy atom. The molecule has 0 radical (unpaired) electrons. The van der Waals surface area contributed by atoms with Gasteiger partial charge in [-0.1, -0.05) is 28.9 Å². The van der Waals surface area contributed by atoms with E-state index < -0.39 is 11.4 Å². The number of carbonyl (C=O) groups excluding carboxylic acids is 1. The minimum atomic E-state index is -0.833. The van der Waals surface area contributed by atoms with E-state index in [4.69, 9.17) is 30.0 Å². The normalized spacial score (nSPS) is 10.8. The van der Waals surface area contributed by atoms with Crippen LogP contribution in [-0.4, -0.2) is 23.2 Å². The van der Waals surface area contributed by atoms with Gasteiger partial charge in [-0.15, -0.1) is 0 Å². The van der Waals surface area contributed by atoms with Crippen LogP contribution in [0, 0.1) is 0 Å². The summed E-state index contributed by atoms with van der Waals surface area (Å²) in [7, 11) is 1.56. The van der Waals surface area contributed by atoms with Gasteiger partial charge in [-0.3, -0.25) is 4.79 Å². The number of hydrogen-bond donors (Lipinski definition) is 0. The lowest BCUT2D eigenvalue weighted by molar-refractivity contribution is 0.0394. The van der Waals surface area contributed by atoms with Crippen molar-refractivity contribution in [3.63, 3.8) is 0 Å². The van der Waals surface area contributed by atoms with Gasteiger partial charge < -0.3 is 18.4 Å². The molecule has 0 bridgehead atoms. The molecule has 4 rings (SSSR count). The van der Waals surface area contributed by atoms with E-state index in [1.54, 1.807) is 37.4 Å². The minimum absolute atomic E-state index is 0.0890. The predicted octanol–water partition coefficient (Wildman–Crippen LogP) is 3.86. The van der Waals surface area contributed by atoms with Gasteiger partial charge in [0.1, 0.15) is 11.3 Å². The number of halogens is 1. The van der Waals surface area contributed by atoms with E-state index in [1.807, 2.05) is 0 Å². The summed E-state index contributed by atoms with van der Waals surface area (Å²) in [6, 6.07) is 12.7. The number of benzene rings is 2. The summed E-state index contributed by atoms with van der Waals surface area (Å²) in [5, 5.41) is 4.52. The number of esters is 1. The fraction of sp³-hybridized carbons (Fsp3) is 0.100. The van der Waals surface area contributed by atoms with Gasteiger partial charge in [0.15, 0.2) is 12.0 Å². The Bertz CT molecular complexity index is 1260. The fourth-order valence-electron chi connectivity index (χ4n) is 2.62. The first-order chi connectivity index (χ1) is 14.0. The average Bonchev–Trinajstić information content (AvgIpc) is 3.21. The van der Waals surface area contributed by atoms with Crippen molar-refractivity contribution in [3.8, 4) is 17.1 Å². The van der Waals surface area contributed by atoms with Crippen LogP contribution >= 0.6 is 11.6 Å². The number of aromatic nitrogens is 2. The number of rotatable bonds is 5. The summed E-state index contributed by atoms with van der Waals surface area (Å²) in [6.45, 7) is -0.280. The molecule has 0 aliphatic heterocycles. The molecule has 4 aromatic rings. The van der Waals surface area contributed by atoms with Crippen molar-refractivity contribution in [2.24, 2.45) is 0 Å². The second-order valence-corrected chi connectivity index (χ2v) is 6.37. The summed E-state index contributed by atoms with van der Waals surface area (Å²) in [6.07, 6.45) is 0. The highest BCUT2D eigenvalue weighted by molar-refractivity contribution is 6.31. The molecule has 0 fully saturated rings. The minimum Gasteiger partial charge on any atom is -0.497 e. The Labute approximate surface area is 168 Å². The molecule has 2 aromatic heterocycles. The van der Waals surface area contributed by atoms with E-state index in [2.05, 4.69) is 10.1 Å². The van der Waals surface area contributed by atoms with Crippen LogP contribution in [0.3, 0.4) is 0 Å². The molecule has 0 saturated heterocycles. The highest BCUT2D eigenvalue weighted by Crippen LogP contribution is 2.22. The Morgan fingerprint density at radius 1 is 1.17 bits per heavy atom. The summed E-state index contributed by atoms with van der Waals surface area (Å²) < 4.78 is 20.8. The molecular weight excluding hydrogens is 400 g/mol. The van der Waals surface area contributed by atoms with Crippen LogP contribution in [0.15, 0.2) is 62.3 Å². The van der Waals surface area contributed by atoms with Crippen molar-refractivity contribution < 1.29 is 23.2 Å². The first-order valence-corrected chi connectivity index (χ1v) is 8.79. The molecule has 0 unspecified atom stereocenters. The van der Waals surface area contributed by atoms with Crippen LogP contribution in [-0.2, 0) is 11.3 Å². The predicted molar refractivity (Wildman–Crippen MR) is 103 cm³/mol. The number of carbonyl (C=O) groups is 1. The molecule has 2 aromatic carbocycles. The molecule has 0 saturated carbocycles. The van der Waals surface area contributed by atoms with Crippen molar-refractivity contribution in [1.82, 2.24) is 10.1 Å². The molecule has 0 spiro atoms. The Morgan fingerprint density at radius 2 is 2.03 bits per heavy atom. The molecule has 29 heavy (non-hydrogen) atoms. The fourth-order valence-corrected chi connectivity index (χ4v) is 2.79. The van der Waals surface area contributed by atoms with E-state index >= 15 is 0 Å². The van der Waals surface area contributed by atoms with Crippen molar-refractivity contribution in [2.75, 3.05) is 7.11 Å². The topological polar surface area (TPSA) is 105 Å². The van der Waals surface area contributed by atoms with E-state index in [1.165, 1.54) is 12.1 Å². The van der Waals surface area contributed by atoms with Gasteiger partial charge in [-0.25, -0.2) is 4.79 Å². The van der Waals surface area contributed by atoms with Crippen LogP contribution in [0.2, 0.25) is 5.02 Å². The summed E-state index contributed by atoms with van der Waals surface area (Å²) >= 11 is 5.87. The van der Waals surface area contributed by atoms with Crippen LogP contribution < -0.4 is 10.2 Å². The molecule has 2 heterocycles. The van der Waals surface area contributed by atoms with E-state index in [0.29, 0.717) is 22.2 Å². The largest absolute Gasteiger partial charge is 0.497 e. The lowest BCUT2D eigenvalue weighted by atomic mass is 10.2. The molecule has 0 aliphatic rings. The lowest BCUT2D eigenvalue weighted by Gasteiger charge is -2.03. The molecule has 0 atom stereocenters. The van der Waals surface area contributed by atoms with Gasteiger partial charge in [0.05, 0.1) is 12.5 Å². The van der Waals surface area contributed by atoms with Crippen LogP contribution in [0.25, 0.3) is 22.4 Å². The number of nitrogens with zero attached hydrogens (tertiary/aromatic N) is 2. The van der Waals surface area contributed by atoms with Crippen molar-refractivity contribution in [3.05, 3.63) is 75.4 Å². The van der Waals surface area contributed by atoms with Gasteiger partial charge in [-0.2, -0.15) is 4.98 Å². The van der Waals surface area contributed by atoms with Crippen molar-refractivity contribution >= 4 is 28.5 Å². The average molecular weight is 413 g/mol. The molecule has 0 amide bonds. The van der Waals surface area contributed by atoms with E-state index in [9.17, 15) is 9.59 Å². The maximum absolute atomic E-state index is 12.3. The standard InChI is InChI=1S/C20H13ClN2O6/c1-26-13-4-2-3-11(7-13)19-22-18(29-23-19)10-27-20(25)17-9-15(24)14-8-12(21)5-6-16(14)28-17/h2-9H,10H2,1H3. The third kappa shape index (κ3) is 3.97. The quantitative estimate of drug-likeness (QED) is 0.455. The molecule has 146 valence electrons. The molecule has 9 heteroatoms. The maximum Gasteiger partial charge on any atom is 0.374 e. The second kappa shape index (κ2) is 7.76.